The number of carbonyl (C=O) groups is 1. The molecule has 94 valence electrons. The Morgan fingerprint density at radius 1 is 1.50 bits per heavy atom. The lowest BCUT2D eigenvalue weighted by Gasteiger charge is -2.06. The van der Waals surface area contributed by atoms with E-state index < -0.39 is 0 Å². The number of amides is 1. The molecule has 0 fully saturated rings. The largest absolute Gasteiger partial charge is 0.506 e. The molecule has 0 aliphatic rings. The Kier molecular flexibility index (Phi) is 3.68. The summed E-state index contributed by atoms with van der Waals surface area (Å²) < 4.78 is 1.23. The number of phenolic OH excluding ortho intramolecular Hbond substituents is 1. The molecule has 0 saturated carbocycles. The Hall–Kier alpha value is -2.22. The van der Waals surface area contributed by atoms with Crippen molar-refractivity contribution in [2.45, 2.75) is 5.16 Å². The van der Waals surface area contributed by atoms with Gasteiger partial charge in [0, 0.05) is 0 Å². The van der Waals surface area contributed by atoms with Crippen molar-refractivity contribution in [1.82, 2.24) is 14.9 Å². The number of nitrogen functional groups attached to an aromatic ring is 1. The summed E-state index contributed by atoms with van der Waals surface area (Å²) in [5.41, 5.74) is 0.373. The SMILES string of the molecule is Nn1cnnc1SCC(=O)Nc1ccccc1O. The van der Waals surface area contributed by atoms with Crippen LogP contribution < -0.4 is 11.2 Å². The van der Waals surface area contributed by atoms with Gasteiger partial charge in [0.05, 0.1) is 11.4 Å². The summed E-state index contributed by atoms with van der Waals surface area (Å²) in [4.78, 5) is 11.6. The van der Waals surface area contributed by atoms with Crippen molar-refractivity contribution >= 4 is 23.4 Å². The molecule has 0 radical (unpaired) electrons. The van der Waals surface area contributed by atoms with Crippen LogP contribution in [0.25, 0.3) is 0 Å². The minimum atomic E-state index is -0.260. The monoisotopic (exact) mass is 265 g/mol. The zero-order valence-corrected chi connectivity index (χ0v) is 10.1. The van der Waals surface area contributed by atoms with E-state index in [0.717, 1.165) is 11.8 Å². The number of nitrogens with two attached hydrogens (primary N) is 1. The molecule has 2 aromatic rings. The molecule has 1 heterocycles. The van der Waals surface area contributed by atoms with Gasteiger partial charge in [-0.15, -0.1) is 10.2 Å². The number of hydrogen-bond donors (Lipinski definition) is 3. The van der Waals surface area contributed by atoms with E-state index in [1.54, 1.807) is 18.2 Å². The topological polar surface area (TPSA) is 106 Å². The first-order valence-electron chi connectivity index (χ1n) is 5.02. The maximum absolute atomic E-state index is 11.6. The summed E-state index contributed by atoms with van der Waals surface area (Å²) in [5.74, 6) is 5.40. The van der Waals surface area contributed by atoms with Crippen LogP contribution >= 0.6 is 11.8 Å². The number of anilines is 1. The van der Waals surface area contributed by atoms with Crippen molar-refractivity contribution in [2.75, 3.05) is 16.9 Å². The van der Waals surface area contributed by atoms with E-state index in [4.69, 9.17) is 5.84 Å². The van der Waals surface area contributed by atoms with Gasteiger partial charge >= 0.3 is 0 Å². The average Bonchev–Trinajstić information content (AvgIpc) is 2.75. The van der Waals surface area contributed by atoms with Crippen LogP contribution in [0.3, 0.4) is 0 Å². The van der Waals surface area contributed by atoms with Crippen LogP contribution in [-0.4, -0.2) is 31.6 Å². The lowest BCUT2D eigenvalue weighted by atomic mass is 10.3. The van der Waals surface area contributed by atoms with Gasteiger partial charge in [-0.3, -0.25) is 4.79 Å². The molecule has 4 N–H and O–H groups in total. The lowest BCUT2D eigenvalue weighted by molar-refractivity contribution is -0.113. The summed E-state index contributed by atoms with van der Waals surface area (Å²) in [6.45, 7) is 0. The number of carbonyl (C=O) groups excluding carboxylic acids is 1. The van der Waals surface area contributed by atoms with Crippen molar-refractivity contribution < 1.29 is 9.90 Å². The van der Waals surface area contributed by atoms with Gasteiger partial charge < -0.3 is 16.3 Å². The van der Waals surface area contributed by atoms with Gasteiger partial charge in [0.2, 0.25) is 11.1 Å². The Morgan fingerprint density at radius 2 is 2.28 bits per heavy atom. The Labute approximate surface area is 107 Å². The fourth-order valence-electron chi connectivity index (χ4n) is 1.23. The summed E-state index contributed by atoms with van der Waals surface area (Å²) in [7, 11) is 0. The van der Waals surface area contributed by atoms with Crippen LogP contribution in [0.1, 0.15) is 0 Å². The molecule has 2 rings (SSSR count). The van der Waals surface area contributed by atoms with Crippen molar-refractivity contribution in [2.24, 2.45) is 0 Å². The van der Waals surface area contributed by atoms with E-state index in [9.17, 15) is 9.90 Å². The van der Waals surface area contributed by atoms with Crippen LogP contribution in [0, 0.1) is 0 Å². The molecule has 1 amide bonds. The fourth-order valence-corrected chi connectivity index (χ4v) is 1.86. The van der Waals surface area contributed by atoms with Crippen molar-refractivity contribution in [3.8, 4) is 5.75 Å². The number of benzene rings is 1. The molecule has 18 heavy (non-hydrogen) atoms. The highest BCUT2D eigenvalue weighted by molar-refractivity contribution is 7.99. The van der Waals surface area contributed by atoms with Crippen molar-refractivity contribution in [1.29, 1.82) is 0 Å². The average molecular weight is 265 g/mol. The number of hydrogen-bond acceptors (Lipinski definition) is 6. The summed E-state index contributed by atoms with van der Waals surface area (Å²) in [6, 6.07) is 6.51. The maximum Gasteiger partial charge on any atom is 0.234 e. The Balaban J connectivity index is 1.90. The Bertz CT molecular complexity index is 557. The minimum absolute atomic E-state index is 0.0258. The third-order valence-electron chi connectivity index (χ3n) is 2.05. The number of aromatic hydroxyl groups is 1. The standard InChI is InChI=1S/C10H11N5O2S/c11-15-6-12-14-10(15)18-5-9(17)13-7-3-1-2-4-8(7)16/h1-4,6,16H,5,11H2,(H,13,17). The second-order valence-corrected chi connectivity index (χ2v) is 4.32. The molecule has 0 unspecified atom stereocenters. The first kappa shape index (κ1) is 12.2. The van der Waals surface area contributed by atoms with E-state index in [1.807, 2.05) is 0 Å². The number of thioether (sulfide) groups is 1. The number of rotatable bonds is 4. The number of phenols is 1. The molecule has 0 aliphatic heterocycles. The molecule has 7 nitrogen and oxygen atoms in total. The zero-order chi connectivity index (χ0) is 13.0. The van der Waals surface area contributed by atoms with Crippen LogP contribution in [0.5, 0.6) is 5.75 Å². The normalized spacial score (nSPS) is 10.2. The predicted octanol–water partition coefficient (Wildman–Crippen LogP) is 0.428. The Morgan fingerprint density at radius 3 is 2.94 bits per heavy atom. The molecule has 0 bridgehead atoms. The molecular weight excluding hydrogens is 254 g/mol. The predicted molar refractivity (Wildman–Crippen MR) is 67.6 cm³/mol. The van der Waals surface area contributed by atoms with E-state index in [1.165, 1.54) is 17.1 Å². The zero-order valence-electron chi connectivity index (χ0n) is 9.28. The number of nitrogens with one attached hydrogen (secondary N) is 1. The van der Waals surface area contributed by atoms with Crippen LogP contribution in [0.2, 0.25) is 0 Å². The number of para-hydroxylation sites is 2. The second-order valence-electron chi connectivity index (χ2n) is 3.37. The minimum Gasteiger partial charge on any atom is -0.506 e. The smallest absolute Gasteiger partial charge is 0.234 e. The number of nitrogens with zero attached hydrogens (tertiary/aromatic N) is 3. The van der Waals surface area contributed by atoms with Gasteiger partial charge in [-0.25, -0.2) is 4.68 Å². The van der Waals surface area contributed by atoms with E-state index in [-0.39, 0.29) is 17.4 Å². The first-order chi connectivity index (χ1) is 8.66. The van der Waals surface area contributed by atoms with Crippen LogP contribution in [-0.2, 0) is 4.79 Å². The van der Waals surface area contributed by atoms with Crippen molar-refractivity contribution in [3.63, 3.8) is 0 Å². The molecule has 1 aromatic heterocycles. The van der Waals surface area contributed by atoms with Gasteiger partial charge in [-0.05, 0) is 12.1 Å². The van der Waals surface area contributed by atoms with Gasteiger partial charge in [-0.2, -0.15) is 0 Å². The maximum atomic E-state index is 11.6. The van der Waals surface area contributed by atoms with Crippen LogP contribution in [0.15, 0.2) is 35.7 Å². The van der Waals surface area contributed by atoms with E-state index in [2.05, 4.69) is 15.5 Å². The summed E-state index contributed by atoms with van der Waals surface area (Å²) in [5, 5.41) is 19.8. The van der Waals surface area contributed by atoms with Crippen LogP contribution in [0.4, 0.5) is 5.69 Å². The second kappa shape index (κ2) is 5.41. The molecule has 0 spiro atoms. The molecule has 1 aromatic carbocycles. The van der Waals surface area contributed by atoms with Gasteiger partial charge in [0.25, 0.3) is 0 Å². The molecule has 0 atom stereocenters. The number of aromatic nitrogens is 3. The van der Waals surface area contributed by atoms with Crippen molar-refractivity contribution in [3.05, 3.63) is 30.6 Å². The van der Waals surface area contributed by atoms with Gasteiger partial charge in [0.1, 0.15) is 12.1 Å². The third-order valence-corrected chi connectivity index (χ3v) is 3.01. The molecule has 8 heteroatoms. The summed E-state index contributed by atoms with van der Waals surface area (Å²) in [6.07, 6.45) is 1.35. The highest BCUT2D eigenvalue weighted by atomic mass is 32.2. The highest BCUT2D eigenvalue weighted by Gasteiger charge is 2.09. The third kappa shape index (κ3) is 2.92. The fraction of sp³-hybridized carbons (Fsp3) is 0.100. The quantitative estimate of drug-likeness (QED) is 0.420. The molecular formula is C10H11N5O2S. The lowest BCUT2D eigenvalue weighted by Crippen LogP contribution is -2.15. The van der Waals surface area contributed by atoms with Gasteiger partial charge in [0.15, 0.2) is 0 Å². The van der Waals surface area contributed by atoms with E-state index in [0.29, 0.717) is 10.8 Å². The first-order valence-corrected chi connectivity index (χ1v) is 6.01. The molecule has 0 aliphatic carbocycles. The molecule has 0 saturated heterocycles. The summed E-state index contributed by atoms with van der Waals surface area (Å²) >= 11 is 1.16. The highest BCUT2D eigenvalue weighted by Crippen LogP contribution is 2.22. The van der Waals surface area contributed by atoms with Gasteiger partial charge in [-0.1, -0.05) is 23.9 Å². The van der Waals surface area contributed by atoms with E-state index >= 15 is 0 Å².